The monoisotopic (exact) mass is 439 g/mol. The van der Waals surface area contributed by atoms with Crippen molar-refractivity contribution in [2.24, 2.45) is 5.16 Å². The van der Waals surface area contributed by atoms with Crippen molar-refractivity contribution in [2.45, 2.75) is 6.61 Å². The Hall–Kier alpha value is -3.91. The van der Waals surface area contributed by atoms with Gasteiger partial charge in [-0.3, -0.25) is 14.9 Å². The molecule has 0 aliphatic rings. The Balaban J connectivity index is 1.47. The van der Waals surface area contributed by atoms with Crippen LogP contribution in [0.2, 0.25) is 5.02 Å². The molecule has 3 aromatic rings. The largest absolute Gasteiger partial charge is 0.487 e. The average Bonchev–Trinajstić information content (AvgIpc) is 2.77. The molecule has 0 aliphatic heterocycles. The van der Waals surface area contributed by atoms with Gasteiger partial charge in [0.2, 0.25) is 0 Å². The zero-order valence-corrected chi connectivity index (χ0v) is 17.0. The maximum absolute atomic E-state index is 11.8. The van der Waals surface area contributed by atoms with E-state index in [1.807, 2.05) is 18.2 Å². The van der Waals surface area contributed by atoms with Crippen molar-refractivity contribution in [1.82, 2.24) is 0 Å². The zero-order chi connectivity index (χ0) is 22.1. The van der Waals surface area contributed by atoms with Crippen LogP contribution in [0.3, 0.4) is 0 Å². The van der Waals surface area contributed by atoms with Gasteiger partial charge in [-0.1, -0.05) is 35.0 Å². The van der Waals surface area contributed by atoms with Crippen molar-refractivity contribution < 1.29 is 19.3 Å². The highest BCUT2D eigenvalue weighted by Crippen LogP contribution is 2.26. The van der Waals surface area contributed by atoms with Crippen LogP contribution in [-0.2, 0) is 16.2 Å². The number of anilines is 1. The summed E-state index contributed by atoms with van der Waals surface area (Å²) in [6, 6.07) is 20.2. The van der Waals surface area contributed by atoms with Crippen LogP contribution in [0.15, 0.2) is 78.0 Å². The molecule has 158 valence electrons. The summed E-state index contributed by atoms with van der Waals surface area (Å²) in [5.41, 5.74) is 2.13. The fourth-order valence-corrected chi connectivity index (χ4v) is 2.75. The molecule has 8 nitrogen and oxygen atoms in total. The van der Waals surface area contributed by atoms with Crippen LogP contribution in [0.5, 0.6) is 5.75 Å². The Kier molecular flexibility index (Phi) is 7.56. The summed E-state index contributed by atoms with van der Waals surface area (Å²) in [6.45, 7) is -0.0135. The van der Waals surface area contributed by atoms with Gasteiger partial charge >= 0.3 is 0 Å². The van der Waals surface area contributed by atoms with Gasteiger partial charge in [0, 0.05) is 17.8 Å². The van der Waals surface area contributed by atoms with Crippen molar-refractivity contribution in [2.75, 3.05) is 11.9 Å². The molecular weight excluding hydrogens is 422 g/mol. The van der Waals surface area contributed by atoms with Crippen molar-refractivity contribution in [3.05, 3.63) is 99.1 Å². The zero-order valence-electron chi connectivity index (χ0n) is 16.2. The van der Waals surface area contributed by atoms with E-state index in [0.717, 1.165) is 5.56 Å². The molecule has 0 saturated carbocycles. The lowest BCUT2D eigenvalue weighted by Gasteiger charge is -2.08. The number of benzene rings is 3. The highest BCUT2D eigenvalue weighted by Gasteiger charge is 2.07. The molecule has 0 atom stereocenters. The third-order valence-corrected chi connectivity index (χ3v) is 4.32. The Bertz CT molecular complexity index is 1070. The van der Waals surface area contributed by atoms with Gasteiger partial charge in [-0.25, -0.2) is 0 Å². The highest BCUT2D eigenvalue weighted by atomic mass is 35.5. The molecule has 0 radical (unpaired) electrons. The number of carbonyl (C=O) groups excluding carboxylic acids is 1. The van der Waals surface area contributed by atoms with E-state index in [0.29, 0.717) is 22.0 Å². The lowest BCUT2D eigenvalue weighted by atomic mass is 10.2. The van der Waals surface area contributed by atoms with Crippen LogP contribution >= 0.6 is 11.6 Å². The summed E-state index contributed by atoms with van der Waals surface area (Å²) in [5.74, 6) is 0.136. The molecule has 0 spiro atoms. The van der Waals surface area contributed by atoms with Gasteiger partial charge in [-0.2, -0.15) is 0 Å². The predicted molar refractivity (Wildman–Crippen MR) is 117 cm³/mol. The number of hydrogen-bond donors (Lipinski definition) is 1. The Morgan fingerprint density at radius 3 is 2.52 bits per heavy atom. The normalized spacial score (nSPS) is 10.6. The number of ether oxygens (including phenoxy) is 1. The van der Waals surface area contributed by atoms with Crippen LogP contribution in [0.4, 0.5) is 11.4 Å². The molecular formula is C22H18ClN3O5. The number of hydrogen-bond acceptors (Lipinski definition) is 6. The number of para-hydroxylation sites is 1. The minimum absolute atomic E-state index is 0.0187. The molecule has 0 aromatic heterocycles. The topological polar surface area (TPSA) is 103 Å². The summed E-state index contributed by atoms with van der Waals surface area (Å²) < 4.78 is 5.66. The molecule has 0 unspecified atom stereocenters. The van der Waals surface area contributed by atoms with E-state index in [2.05, 4.69) is 10.5 Å². The number of nitro benzene ring substituents is 1. The lowest BCUT2D eigenvalue weighted by Crippen LogP contribution is -2.16. The van der Waals surface area contributed by atoms with Crippen molar-refractivity contribution in [1.29, 1.82) is 0 Å². The van der Waals surface area contributed by atoms with E-state index in [1.165, 1.54) is 18.3 Å². The predicted octanol–water partition coefficient (Wildman–Crippen LogP) is 4.82. The van der Waals surface area contributed by atoms with Crippen molar-refractivity contribution in [3.63, 3.8) is 0 Å². The van der Waals surface area contributed by atoms with Gasteiger partial charge in [0.25, 0.3) is 11.6 Å². The number of non-ortho nitro benzene ring substituents is 1. The number of carbonyl (C=O) groups is 1. The average molecular weight is 440 g/mol. The van der Waals surface area contributed by atoms with Crippen LogP contribution in [-0.4, -0.2) is 23.7 Å². The third-order valence-electron chi connectivity index (χ3n) is 4.03. The van der Waals surface area contributed by atoms with Crippen LogP contribution < -0.4 is 10.1 Å². The first-order valence-corrected chi connectivity index (χ1v) is 9.55. The molecule has 1 amide bonds. The Labute approximate surface area is 183 Å². The van der Waals surface area contributed by atoms with E-state index in [1.54, 1.807) is 42.5 Å². The van der Waals surface area contributed by atoms with E-state index >= 15 is 0 Å². The maximum Gasteiger partial charge on any atom is 0.269 e. The minimum atomic E-state index is -0.457. The van der Waals surface area contributed by atoms with Gasteiger partial charge in [0.05, 0.1) is 16.2 Å². The Morgan fingerprint density at radius 2 is 1.84 bits per heavy atom. The molecule has 3 aromatic carbocycles. The van der Waals surface area contributed by atoms with E-state index in [-0.39, 0.29) is 24.8 Å². The second-order valence-corrected chi connectivity index (χ2v) is 6.73. The summed E-state index contributed by atoms with van der Waals surface area (Å²) in [5, 5.41) is 17.5. The number of nitro groups is 1. The second-order valence-electron chi connectivity index (χ2n) is 6.32. The van der Waals surface area contributed by atoms with Crippen molar-refractivity contribution >= 4 is 35.1 Å². The van der Waals surface area contributed by atoms with Crippen LogP contribution in [0, 0.1) is 10.1 Å². The SMILES string of the molecule is O=C(CO/N=C/c1ccc(OCc2ccc([N+](=O)[O-])cc2)c(Cl)c1)Nc1ccccc1. The van der Waals surface area contributed by atoms with E-state index < -0.39 is 4.92 Å². The smallest absolute Gasteiger partial charge is 0.269 e. The molecule has 0 saturated heterocycles. The highest BCUT2D eigenvalue weighted by molar-refractivity contribution is 6.32. The fourth-order valence-electron chi connectivity index (χ4n) is 2.50. The van der Waals surface area contributed by atoms with E-state index in [4.69, 9.17) is 21.2 Å². The first kappa shape index (κ1) is 21.8. The van der Waals surface area contributed by atoms with Gasteiger partial charge in [-0.05, 0) is 53.6 Å². The molecule has 0 heterocycles. The molecule has 31 heavy (non-hydrogen) atoms. The number of nitrogens with one attached hydrogen (secondary N) is 1. The summed E-state index contributed by atoms with van der Waals surface area (Å²) >= 11 is 6.24. The van der Waals surface area contributed by atoms with Gasteiger partial charge in [-0.15, -0.1) is 0 Å². The van der Waals surface area contributed by atoms with Gasteiger partial charge < -0.3 is 14.9 Å². The van der Waals surface area contributed by atoms with Crippen LogP contribution in [0.25, 0.3) is 0 Å². The standard InChI is InChI=1S/C22H18ClN3O5/c23-20-12-17(13-24-31-15-22(27)25-18-4-2-1-3-5-18)8-11-21(20)30-14-16-6-9-19(10-7-16)26(28)29/h1-13H,14-15H2,(H,25,27)/b24-13+. The molecule has 0 aliphatic carbocycles. The molecule has 0 bridgehead atoms. The maximum atomic E-state index is 11.8. The number of oxime groups is 1. The number of halogens is 1. The molecule has 9 heteroatoms. The first-order chi connectivity index (χ1) is 15.0. The summed E-state index contributed by atoms with van der Waals surface area (Å²) in [7, 11) is 0. The Morgan fingerprint density at radius 1 is 1.10 bits per heavy atom. The number of rotatable bonds is 9. The number of amides is 1. The van der Waals surface area contributed by atoms with Crippen molar-refractivity contribution in [3.8, 4) is 5.75 Å². The first-order valence-electron chi connectivity index (χ1n) is 9.17. The number of nitrogens with zero attached hydrogens (tertiary/aromatic N) is 2. The minimum Gasteiger partial charge on any atom is -0.487 e. The summed E-state index contributed by atoms with van der Waals surface area (Å²) in [6.07, 6.45) is 1.43. The molecule has 3 rings (SSSR count). The lowest BCUT2D eigenvalue weighted by molar-refractivity contribution is -0.384. The van der Waals surface area contributed by atoms with Crippen LogP contribution in [0.1, 0.15) is 11.1 Å². The third kappa shape index (κ3) is 6.83. The second kappa shape index (κ2) is 10.7. The van der Waals surface area contributed by atoms with Gasteiger partial charge in [0.1, 0.15) is 12.4 Å². The van der Waals surface area contributed by atoms with E-state index in [9.17, 15) is 14.9 Å². The van der Waals surface area contributed by atoms with Gasteiger partial charge in [0.15, 0.2) is 6.61 Å². The molecule has 1 N–H and O–H groups in total. The quantitative estimate of drug-likeness (QED) is 0.292. The summed E-state index contributed by atoms with van der Waals surface area (Å²) in [4.78, 5) is 27.0. The molecule has 0 fully saturated rings. The fraction of sp³-hybridized carbons (Fsp3) is 0.0909.